The Kier molecular flexibility index (Phi) is 5.78. The molecule has 22 heavy (non-hydrogen) atoms. The molecule has 1 aromatic rings. The van der Waals surface area contributed by atoms with Gasteiger partial charge < -0.3 is 5.32 Å². The molecule has 2 aliphatic rings. The van der Waals surface area contributed by atoms with Crippen molar-refractivity contribution in [2.24, 2.45) is 0 Å². The van der Waals surface area contributed by atoms with E-state index in [-0.39, 0.29) is 6.03 Å². The Balaban J connectivity index is 1.37. The Morgan fingerprint density at radius 3 is 2.91 bits per heavy atom. The van der Waals surface area contributed by atoms with Crippen molar-refractivity contribution in [1.82, 2.24) is 15.0 Å². The van der Waals surface area contributed by atoms with Crippen LogP contribution < -0.4 is 10.0 Å². The predicted molar refractivity (Wildman–Crippen MR) is 92.3 cm³/mol. The number of hydrogen-bond acceptors (Lipinski definition) is 4. The number of carbonyl (C=O) groups excluding carboxylic acids is 1. The van der Waals surface area contributed by atoms with Gasteiger partial charge in [0.1, 0.15) is 0 Å². The highest BCUT2D eigenvalue weighted by atomic mass is 32.2. The molecule has 6 heteroatoms. The third-order valence-corrected chi connectivity index (χ3v) is 6.18. The topological polar surface area (TPSA) is 54.0 Å². The van der Waals surface area contributed by atoms with Crippen LogP contribution in [0.5, 0.6) is 0 Å². The summed E-state index contributed by atoms with van der Waals surface area (Å²) in [7, 11) is 0. The average molecular weight is 338 g/mol. The van der Waals surface area contributed by atoms with Crippen LogP contribution in [0.15, 0.2) is 16.0 Å². The molecule has 0 radical (unpaired) electrons. The highest BCUT2D eigenvalue weighted by Gasteiger charge is 2.15. The van der Waals surface area contributed by atoms with E-state index in [1.807, 2.05) is 0 Å². The van der Waals surface area contributed by atoms with Gasteiger partial charge in [-0.1, -0.05) is 11.6 Å². The lowest BCUT2D eigenvalue weighted by Gasteiger charge is -2.12. The second kappa shape index (κ2) is 8.02. The maximum absolute atomic E-state index is 11.8. The van der Waals surface area contributed by atoms with Gasteiger partial charge in [0.25, 0.3) is 0 Å². The molecule has 0 unspecified atom stereocenters. The van der Waals surface area contributed by atoms with Crippen LogP contribution >= 0.6 is 23.3 Å². The summed E-state index contributed by atoms with van der Waals surface area (Å²) in [5.41, 5.74) is 2.73. The quantitative estimate of drug-likeness (QED) is 0.625. The molecular formula is C16H23N3OS2. The van der Waals surface area contributed by atoms with Crippen LogP contribution in [0, 0.1) is 0 Å². The molecule has 0 aliphatic heterocycles. The van der Waals surface area contributed by atoms with Crippen LogP contribution in [0.2, 0.25) is 0 Å². The molecule has 1 heterocycles. The van der Waals surface area contributed by atoms with Gasteiger partial charge in [-0.05, 0) is 57.8 Å². The highest BCUT2D eigenvalue weighted by molar-refractivity contribution is 7.99. The van der Waals surface area contributed by atoms with Gasteiger partial charge in [-0.25, -0.2) is 9.78 Å². The smallest absolute Gasteiger partial charge is 0.325 e. The maximum Gasteiger partial charge on any atom is 0.325 e. The van der Waals surface area contributed by atoms with E-state index in [0.717, 1.165) is 23.6 Å². The van der Waals surface area contributed by atoms with Crippen molar-refractivity contribution in [3.8, 4) is 0 Å². The van der Waals surface area contributed by atoms with Gasteiger partial charge in [0, 0.05) is 23.4 Å². The zero-order valence-corrected chi connectivity index (χ0v) is 14.5. The Hall–Kier alpha value is -1.01. The van der Waals surface area contributed by atoms with E-state index in [2.05, 4.69) is 21.1 Å². The van der Waals surface area contributed by atoms with Crippen molar-refractivity contribution >= 4 is 29.3 Å². The molecular weight excluding hydrogens is 314 g/mol. The molecule has 2 amide bonds. The number of allylic oxidation sites excluding steroid dienone is 1. The number of rotatable bonds is 5. The number of carbonyl (C=O) groups is 1. The molecule has 0 spiro atoms. The Bertz CT molecular complexity index is 530. The van der Waals surface area contributed by atoms with Crippen molar-refractivity contribution < 1.29 is 4.79 Å². The first-order valence-electron chi connectivity index (χ1n) is 8.18. The first-order valence-corrected chi connectivity index (χ1v) is 9.82. The molecule has 4 nitrogen and oxygen atoms in total. The van der Waals surface area contributed by atoms with E-state index in [0.29, 0.717) is 6.54 Å². The fraction of sp³-hybridized carbons (Fsp3) is 0.625. The van der Waals surface area contributed by atoms with Gasteiger partial charge in [-0.15, -0.1) is 11.3 Å². The Morgan fingerprint density at radius 2 is 2.09 bits per heavy atom. The number of hydrogen-bond donors (Lipinski definition) is 2. The summed E-state index contributed by atoms with van der Waals surface area (Å²) >= 11 is 3.06. The van der Waals surface area contributed by atoms with Crippen LogP contribution in [0.4, 0.5) is 4.79 Å². The third-order valence-electron chi connectivity index (χ3n) is 4.17. The third kappa shape index (κ3) is 4.49. The monoisotopic (exact) mass is 337 g/mol. The Labute approximate surface area is 140 Å². The van der Waals surface area contributed by atoms with Gasteiger partial charge in [-0.2, -0.15) is 0 Å². The van der Waals surface area contributed by atoms with E-state index < -0.39 is 0 Å². The number of thiazole rings is 1. The Morgan fingerprint density at radius 1 is 1.23 bits per heavy atom. The fourth-order valence-corrected chi connectivity index (χ4v) is 4.85. The molecule has 0 saturated heterocycles. The SMILES string of the molecule is O=C(NCCC1=CCCCC1)NSc1nc2c(s1)CCCC2. The summed E-state index contributed by atoms with van der Waals surface area (Å²) in [4.78, 5) is 17.8. The molecule has 0 aromatic carbocycles. The molecule has 3 rings (SSSR count). The normalized spacial score (nSPS) is 17.5. The molecule has 0 atom stereocenters. The van der Waals surface area contributed by atoms with Crippen molar-refractivity contribution in [3.63, 3.8) is 0 Å². The van der Waals surface area contributed by atoms with Gasteiger partial charge in [0.2, 0.25) is 0 Å². The minimum atomic E-state index is -0.116. The van der Waals surface area contributed by atoms with Gasteiger partial charge >= 0.3 is 6.03 Å². The number of aromatic nitrogens is 1. The lowest BCUT2D eigenvalue weighted by molar-refractivity contribution is 0.246. The number of urea groups is 1. The lowest BCUT2D eigenvalue weighted by atomic mass is 9.97. The summed E-state index contributed by atoms with van der Waals surface area (Å²) in [6.07, 6.45) is 13.1. The van der Waals surface area contributed by atoms with Crippen LogP contribution in [0.25, 0.3) is 0 Å². The molecule has 2 N–H and O–H groups in total. The van der Waals surface area contributed by atoms with Gasteiger partial charge in [0.15, 0.2) is 4.34 Å². The number of nitrogens with zero attached hydrogens (tertiary/aromatic N) is 1. The van der Waals surface area contributed by atoms with Gasteiger partial charge in [0.05, 0.1) is 5.69 Å². The first kappa shape index (κ1) is 15.9. The minimum absolute atomic E-state index is 0.116. The predicted octanol–water partition coefficient (Wildman–Crippen LogP) is 4.22. The van der Waals surface area contributed by atoms with Crippen LogP contribution in [-0.4, -0.2) is 17.6 Å². The number of amides is 2. The van der Waals surface area contributed by atoms with Crippen molar-refractivity contribution in [2.45, 2.75) is 62.1 Å². The van der Waals surface area contributed by atoms with Gasteiger partial charge in [-0.3, -0.25) is 4.72 Å². The number of fused-ring (bicyclic) bond motifs is 1. The standard InChI is InChI=1S/C16H23N3OS2/c20-15(17-11-10-12-6-2-1-3-7-12)19-22-16-18-13-8-4-5-9-14(13)21-16/h6H,1-5,7-11H2,(H2,17,19,20). The zero-order chi connectivity index (χ0) is 15.2. The van der Waals surface area contributed by atoms with Crippen molar-refractivity contribution in [2.75, 3.05) is 6.54 Å². The first-order chi connectivity index (χ1) is 10.8. The molecule has 0 bridgehead atoms. The zero-order valence-electron chi connectivity index (χ0n) is 12.8. The molecule has 1 aromatic heterocycles. The summed E-state index contributed by atoms with van der Waals surface area (Å²) in [5, 5.41) is 2.93. The molecule has 0 saturated carbocycles. The van der Waals surface area contributed by atoms with E-state index in [4.69, 9.17) is 0 Å². The number of aryl methyl sites for hydroxylation is 2. The van der Waals surface area contributed by atoms with E-state index in [1.165, 1.54) is 66.6 Å². The maximum atomic E-state index is 11.8. The van der Waals surface area contributed by atoms with Crippen LogP contribution in [0.3, 0.4) is 0 Å². The summed E-state index contributed by atoms with van der Waals surface area (Å²) in [5.74, 6) is 0. The van der Waals surface area contributed by atoms with E-state index in [1.54, 1.807) is 11.3 Å². The average Bonchev–Trinajstić information content (AvgIpc) is 2.97. The summed E-state index contributed by atoms with van der Waals surface area (Å²) < 4.78 is 3.80. The number of nitrogens with one attached hydrogen (secondary N) is 2. The largest absolute Gasteiger partial charge is 0.337 e. The highest BCUT2D eigenvalue weighted by Crippen LogP contribution is 2.30. The minimum Gasteiger partial charge on any atom is -0.337 e. The summed E-state index contributed by atoms with van der Waals surface area (Å²) in [6.45, 7) is 0.715. The van der Waals surface area contributed by atoms with Crippen molar-refractivity contribution in [3.05, 3.63) is 22.2 Å². The molecule has 120 valence electrons. The van der Waals surface area contributed by atoms with E-state index in [9.17, 15) is 4.79 Å². The second-order valence-electron chi connectivity index (χ2n) is 5.87. The van der Waals surface area contributed by atoms with Crippen molar-refractivity contribution in [1.29, 1.82) is 0 Å². The fourth-order valence-electron chi connectivity index (χ4n) is 2.97. The van der Waals surface area contributed by atoms with E-state index >= 15 is 0 Å². The lowest BCUT2D eigenvalue weighted by Crippen LogP contribution is -2.32. The molecule has 0 fully saturated rings. The second-order valence-corrected chi connectivity index (χ2v) is 8.01. The van der Waals surface area contributed by atoms with Crippen LogP contribution in [0.1, 0.15) is 55.5 Å². The van der Waals surface area contributed by atoms with Crippen LogP contribution in [-0.2, 0) is 12.8 Å². The molecule has 2 aliphatic carbocycles. The summed E-state index contributed by atoms with van der Waals surface area (Å²) in [6, 6.07) is -0.116.